The number of hydrogen-bond donors (Lipinski definition) is 6. The van der Waals surface area contributed by atoms with Crippen molar-refractivity contribution in [2.24, 2.45) is 66.6 Å². The highest BCUT2D eigenvalue weighted by Gasteiger charge is 2.21. The molecule has 0 saturated heterocycles. The van der Waals surface area contributed by atoms with Crippen LogP contribution in [0.3, 0.4) is 0 Å². The molecule has 10 N–H and O–H groups in total. The zero-order valence-corrected chi connectivity index (χ0v) is 22.1. The van der Waals surface area contributed by atoms with Gasteiger partial charge in [0.2, 0.25) is 0 Å². The summed E-state index contributed by atoms with van der Waals surface area (Å²) in [6.45, 7) is 2.97. The Hall–Kier alpha value is -2.52. The number of aliphatic imine (C=N–C) groups is 4. The lowest BCUT2D eigenvalue weighted by Gasteiger charge is -2.26. The first kappa shape index (κ1) is 28.1. The van der Waals surface area contributed by atoms with Crippen molar-refractivity contribution in [1.29, 1.82) is 0 Å². The van der Waals surface area contributed by atoms with Gasteiger partial charge in [-0.1, -0.05) is 38.5 Å². The maximum atomic E-state index is 6.03. The van der Waals surface area contributed by atoms with Crippen LogP contribution in [-0.4, -0.2) is 50.0 Å². The fraction of sp³-hybridized carbons (Fsp3) is 0.846. The Morgan fingerprint density at radius 1 is 0.417 bits per heavy atom. The van der Waals surface area contributed by atoms with E-state index in [0.717, 1.165) is 38.8 Å². The number of nitrogens with two attached hydrogens (primary N) is 4. The molecule has 0 bridgehead atoms. The zero-order valence-electron chi connectivity index (χ0n) is 22.1. The van der Waals surface area contributed by atoms with Gasteiger partial charge in [-0.05, 0) is 75.0 Å². The Labute approximate surface area is 217 Å². The average Bonchev–Trinajstić information content (AvgIpc) is 2.90. The Bertz CT molecular complexity index is 691. The van der Waals surface area contributed by atoms with Crippen molar-refractivity contribution in [2.45, 2.75) is 89.9 Å². The van der Waals surface area contributed by atoms with E-state index >= 15 is 0 Å². The lowest BCUT2D eigenvalue weighted by molar-refractivity contribution is 0.286. The normalized spacial score (nSPS) is 26.1. The molecule has 3 rings (SSSR count). The molecule has 0 heterocycles. The van der Waals surface area contributed by atoms with E-state index in [2.05, 4.69) is 30.6 Å². The maximum absolute atomic E-state index is 6.03. The van der Waals surface area contributed by atoms with Gasteiger partial charge >= 0.3 is 0 Å². The summed E-state index contributed by atoms with van der Waals surface area (Å²) in [5, 5.41) is 5.88. The summed E-state index contributed by atoms with van der Waals surface area (Å²) in [6.07, 6.45) is 17.4. The molecule has 3 aliphatic rings. The quantitative estimate of drug-likeness (QED) is 0.219. The molecule has 0 aliphatic heterocycles. The summed E-state index contributed by atoms with van der Waals surface area (Å²) in [5.74, 6) is 3.82. The van der Waals surface area contributed by atoms with E-state index in [-0.39, 0.29) is 0 Å². The van der Waals surface area contributed by atoms with E-state index in [1.54, 1.807) is 0 Å². The molecular formula is C26H50N10. The van der Waals surface area contributed by atoms with Crippen molar-refractivity contribution < 1.29 is 0 Å². The van der Waals surface area contributed by atoms with Gasteiger partial charge in [-0.2, -0.15) is 0 Å². The molecule has 3 saturated carbocycles. The average molecular weight is 503 g/mol. The van der Waals surface area contributed by atoms with Crippen LogP contribution in [0.1, 0.15) is 89.9 Å². The summed E-state index contributed by atoms with van der Waals surface area (Å²) in [5.41, 5.74) is 24.0. The topological polar surface area (TPSA) is 178 Å². The molecule has 0 radical (unpaired) electrons. The monoisotopic (exact) mass is 502 g/mol. The second kappa shape index (κ2) is 15.6. The number of nitrogens with one attached hydrogen (secondary N) is 2. The first-order chi connectivity index (χ1) is 17.5. The molecule has 36 heavy (non-hydrogen) atoms. The van der Waals surface area contributed by atoms with E-state index in [1.807, 2.05) is 0 Å². The molecule has 0 aromatic heterocycles. The van der Waals surface area contributed by atoms with Crippen molar-refractivity contribution >= 4 is 23.8 Å². The lowest BCUT2D eigenvalue weighted by Crippen LogP contribution is -2.42. The van der Waals surface area contributed by atoms with Crippen molar-refractivity contribution in [3.8, 4) is 0 Å². The molecule has 204 valence electrons. The third kappa shape index (κ3) is 11.0. The Kier molecular flexibility index (Phi) is 12.1. The molecule has 3 aliphatic carbocycles. The minimum absolute atomic E-state index is 0.355. The van der Waals surface area contributed by atoms with Crippen LogP contribution in [0.15, 0.2) is 20.0 Å². The number of nitrogens with zero attached hydrogens (tertiary/aromatic N) is 4. The molecule has 0 aromatic carbocycles. The molecular weight excluding hydrogens is 452 g/mol. The minimum atomic E-state index is 0.355. The van der Waals surface area contributed by atoms with Crippen LogP contribution in [0.5, 0.6) is 0 Å². The minimum Gasteiger partial charge on any atom is -0.370 e. The van der Waals surface area contributed by atoms with Gasteiger partial charge in [-0.25, -0.2) is 0 Å². The van der Waals surface area contributed by atoms with Gasteiger partial charge in [0.15, 0.2) is 23.8 Å². The first-order valence-electron chi connectivity index (χ1n) is 14.2. The summed E-state index contributed by atoms with van der Waals surface area (Å²) in [7, 11) is 0. The predicted molar refractivity (Wildman–Crippen MR) is 151 cm³/mol. The van der Waals surface area contributed by atoms with Crippen LogP contribution in [0.2, 0.25) is 0 Å². The largest absolute Gasteiger partial charge is 0.370 e. The molecule has 0 unspecified atom stereocenters. The number of hydrogen-bond acceptors (Lipinski definition) is 4. The van der Waals surface area contributed by atoms with Gasteiger partial charge in [0.25, 0.3) is 0 Å². The third-order valence-corrected chi connectivity index (χ3v) is 8.01. The smallest absolute Gasteiger partial charge is 0.195 e. The molecule has 3 fully saturated rings. The fourth-order valence-electron chi connectivity index (χ4n) is 5.67. The van der Waals surface area contributed by atoms with Gasteiger partial charge in [0.1, 0.15) is 0 Å². The van der Waals surface area contributed by atoms with Crippen LogP contribution < -0.4 is 33.6 Å². The van der Waals surface area contributed by atoms with Gasteiger partial charge in [-0.3, -0.25) is 30.6 Å². The lowest BCUT2D eigenvalue weighted by atomic mass is 9.82. The molecule has 10 heteroatoms. The van der Waals surface area contributed by atoms with Gasteiger partial charge < -0.3 is 22.9 Å². The highest BCUT2D eigenvalue weighted by Crippen LogP contribution is 2.29. The first-order valence-corrected chi connectivity index (χ1v) is 14.2. The van der Waals surface area contributed by atoms with Crippen molar-refractivity contribution in [3.63, 3.8) is 0 Å². The highest BCUT2D eigenvalue weighted by molar-refractivity contribution is 5.97. The van der Waals surface area contributed by atoms with E-state index in [0.29, 0.717) is 60.6 Å². The predicted octanol–water partition coefficient (Wildman–Crippen LogP) is 2.39. The Morgan fingerprint density at radius 2 is 0.667 bits per heavy atom. The standard InChI is InChI=1S/C26H50N10/c27-23(31-15-19-7-3-1-4-8-19)35-25(29)33-17-21-11-13-22(14-12-21)18-34-26(30)36-24(28)32-16-20-9-5-2-6-10-20/h19-22H,1-18H2,(H5,27,29,31,33,35)(H5,28,30,32,34,36). The zero-order chi connectivity index (χ0) is 25.6. The van der Waals surface area contributed by atoms with Crippen LogP contribution in [0.4, 0.5) is 0 Å². The second-order valence-electron chi connectivity index (χ2n) is 11.0. The fourth-order valence-corrected chi connectivity index (χ4v) is 5.67. The van der Waals surface area contributed by atoms with Crippen LogP contribution in [0, 0.1) is 23.7 Å². The van der Waals surface area contributed by atoms with Crippen LogP contribution >= 0.6 is 0 Å². The van der Waals surface area contributed by atoms with Crippen LogP contribution in [-0.2, 0) is 0 Å². The van der Waals surface area contributed by atoms with Gasteiger partial charge in [0, 0.05) is 26.2 Å². The van der Waals surface area contributed by atoms with E-state index < -0.39 is 0 Å². The van der Waals surface area contributed by atoms with Crippen molar-refractivity contribution in [3.05, 3.63) is 0 Å². The van der Waals surface area contributed by atoms with E-state index in [1.165, 1.54) is 64.2 Å². The summed E-state index contributed by atoms with van der Waals surface area (Å²) >= 11 is 0. The molecule has 10 nitrogen and oxygen atoms in total. The Balaban J connectivity index is 1.29. The molecule has 0 aromatic rings. The Morgan fingerprint density at radius 3 is 0.944 bits per heavy atom. The molecule has 0 amide bonds. The molecule has 0 atom stereocenters. The summed E-state index contributed by atoms with van der Waals surface area (Å²) < 4.78 is 0. The maximum Gasteiger partial charge on any atom is 0.195 e. The molecule has 0 spiro atoms. The van der Waals surface area contributed by atoms with Crippen molar-refractivity contribution in [2.75, 3.05) is 26.2 Å². The second-order valence-corrected chi connectivity index (χ2v) is 11.0. The SMILES string of the molecule is NC(=NCC1CCCCC1)NC(N)=NCC1CCC(CN=C(N)NC(N)=NCC2CCCCC2)CC1. The summed E-state index contributed by atoms with van der Waals surface area (Å²) in [4.78, 5) is 17.9. The summed E-state index contributed by atoms with van der Waals surface area (Å²) in [6, 6.07) is 0. The third-order valence-electron chi connectivity index (χ3n) is 8.01. The highest BCUT2D eigenvalue weighted by atomic mass is 15.2. The van der Waals surface area contributed by atoms with Crippen molar-refractivity contribution in [1.82, 2.24) is 10.6 Å². The van der Waals surface area contributed by atoms with E-state index in [9.17, 15) is 0 Å². The number of guanidine groups is 4. The van der Waals surface area contributed by atoms with E-state index in [4.69, 9.17) is 22.9 Å². The van der Waals surface area contributed by atoms with Gasteiger partial charge in [-0.15, -0.1) is 0 Å². The van der Waals surface area contributed by atoms with Crippen LogP contribution in [0.25, 0.3) is 0 Å². The number of rotatable bonds is 8. The van der Waals surface area contributed by atoms with Gasteiger partial charge in [0.05, 0.1) is 0 Å².